The van der Waals surface area contributed by atoms with Gasteiger partial charge in [-0.05, 0) is 44.7 Å². The van der Waals surface area contributed by atoms with Gasteiger partial charge in [-0.25, -0.2) is 4.98 Å². The van der Waals surface area contributed by atoms with Crippen LogP contribution >= 0.6 is 0 Å². The Morgan fingerprint density at radius 3 is 2.69 bits per heavy atom. The van der Waals surface area contributed by atoms with Crippen LogP contribution in [0.4, 0.5) is 0 Å². The number of nitrogens with zero attached hydrogens (tertiary/aromatic N) is 3. The number of benzene rings is 1. The first-order valence-corrected chi connectivity index (χ1v) is 10.4. The number of amides is 2. The van der Waals surface area contributed by atoms with Crippen molar-refractivity contribution in [1.29, 1.82) is 0 Å². The third kappa shape index (κ3) is 2.82. The number of aromatic hydroxyl groups is 1. The molecule has 7 nitrogen and oxygen atoms in total. The number of fused-ring (bicyclic) bond motifs is 2. The number of phenols is 1. The van der Waals surface area contributed by atoms with Crippen LogP contribution in [0.5, 0.6) is 5.75 Å². The normalized spacial score (nSPS) is 20.6. The fourth-order valence-electron chi connectivity index (χ4n) is 4.96. The van der Waals surface area contributed by atoms with Gasteiger partial charge in [-0.15, -0.1) is 0 Å². The van der Waals surface area contributed by atoms with E-state index in [9.17, 15) is 14.7 Å². The molecule has 0 unspecified atom stereocenters. The second-order valence-electron chi connectivity index (χ2n) is 8.52. The molecule has 0 bridgehead atoms. The highest BCUT2D eigenvalue weighted by Crippen LogP contribution is 2.45. The minimum atomic E-state index is -0.419. The molecule has 2 fully saturated rings. The Hall–Kier alpha value is -2.83. The summed E-state index contributed by atoms with van der Waals surface area (Å²) in [6, 6.07) is 5.06. The van der Waals surface area contributed by atoms with Gasteiger partial charge in [0.05, 0.1) is 17.6 Å². The van der Waals surface area contributed by atoms with Crippen molar-refractivity contribution < 1.29 is 14.7 Å². The number of H-pyrrole nitrogens is 1. The molecule has 5 rings (SSSR count). The molecule has 1 aliphatic carbocycles. The van der Waals surface area contributed by atoms with Crippen LogP contribution in [0.2, 0.25) is 0 Å². The molecule has 1 saturated heterocycles. The molecule has 1 aromatic carbocycles. The van der Waals surface area contributed by atoms with E-state index < -0.39 is 5.54 Å². The second-order valence-corrected chi connectivity index (χ2v) is 8.52. The van der Waals surface area contributed by atoms with Gasteiger partial charge in [-0.1, -0.05) is 6.07 Å². The number of aromatic nitrogens is 2. The maximum atomic E-state index is 13.1. The summed E-state index contributed by atoms with van der Waals surface area (Å²) >= 11 is 0. The lowest BCUT2D eigenvalue weighted by atomic mass is 9.78. The maximum absolute atomic E-state index is 13.1. The number of rotatable bonds is 2. The zero-order valence-corrected chi connectivity index (χ0v) is 16.6. The van der Waals surface area contributed by atoms with E-state index in [0.717, 1.165) is 30.7 Å². The molecule has 1 aromatic heterocycles. The average Bonchev–Trinajstić information content (AvgIpc) is 3.47. The Morgan fingerprint density at radius 1 is 1.21 bits per heavy atom. The van der Waals surface area contributed by atoms with Gasteiger partial charge in [0.1, 0.15) is 5.75 Å². The van der Waals surface area contributed by atoms with Crippen LogP contribution in [0.1, 0.15) is 53.0 Å². The van der Waals surface area contributed by atoms with E-state index in [1.54, 1.807) is 31.5 Å². The van der Waals surface area contributed by atoms with Crippen molar-refractivity contribution in [2.24, 2.45) is 5.92 Å². The number of likely N-dealkylation sites (tertiary alicyclic amines) is 1. The van der Waals surface area contributed by atoms with E-state index in [1.807, 2.05) is 4.90 Å². The summed E-state index contributed by atoms with van der Waals surface area (Å²) in [6.07, 6.45) is 5.88. The van der Waals surface area contributed by atoms with Gasteiger partial charge in [-0.2, -0.15) is 0 Å². The second kappa shape index (κ2) is 6.61. The molecule has 152 valence electrons. The average molecular weight is 394 g/mol. The van der Waals surface area contributed by atoms with E-state index in [0.29, 0.717) is 43.6 Å². The fourth-order valence-corrected chi connectivity index (χ4v) is 4.96. The topological polar surface area (TPSA) is 89.5 Å². The molecule has 3 heterocycles. The number of aromatic amines is 1. The molecule has 0 radical (unpaired) electrons. The predicted octanol–water partition coefficient (Wildman–Crippen LogP) is 2.35. The molecular formula is C22H26N4O3. The van der Waals surface area contributed by atoms with Crippen molar-refractivity contribution in [3.63, 3.8) is 0 Å². The van der Waals surface area contributed by atoms with Crippen molar-refractivity contribution in [2.45, 2.75) is 44.6 Å². The van der Waals surface area contributed by atoms with Crippen molar-refractivity contribution in [2.75, 3.05) is 19.6 Å². The summed E-state index contributed by atoms with van der Waals surface area (Å²) in [4.78, 5) is 37.9. The van der Waals surface area contributed by atoms with Gasteiger partial charge in [0.15, 0.2) is 0 Å². The summed E-state index contributed by atoms with van der Waals surface area (Å²) in [5, 5.41) is 9.96. The third-order valence-electron chi connectivity index (χ3n) is 6.87. The van der Waals surface area contributed by atoms with Crippen LogP contribution in [-0.2, 0) is 16.8 Å². The van der Waals surface area contributed by atoms with Crippen LogP contribution in [-0.4, -0.2) is 56.3 Å². The number of nitrogens with one attached hydrogen (secondary N) is 1. The van der Waals surface area contributed by atoms with Crippen molar-refractivity contribution in [3.05, 3.63) is 47.0 Å². The van der Waals surface area contributed by atoms with E-state index in [2.05, 4.69) is 14.9 Å². The lowest BCUT2D eigenvalue weighted by molar-refractivity contribution is -0.143. The van der Waals surface area contributed by atoms with Crippen molar-refractivity contribution in [1.82, 2.24) is 19.8 Å². The SMILES string of the molecule is Cc1c(O)cccc1C(=O)N1CCC2(CC1)c1nc[nH]c1CCN2C(=O)C1CC1. The Bertz CT molecular complexity index is 970. The highest BCUT2D eigenvalue weighted by atomic mass is 16.3. The molecule has 2 N–H and O–H groups in total. The Balaban J connectivity index is 1.42. The fraction of sp³-hybridized carbons (Fsp3) is 0.500. The Labute approximate surface area is 169 Å². The van der Waals surface area contributed by atoms with Crippen LogP contribution in [0.3, 0.4) is 0 Å². The quantitative estimate of drug-likeness (QED) is 0.818. The molecule has 7 heteroatoms. The summed E-state index contributed by atoms with van der Waals surface area (Å²) in [5.74, 6) is 0.495. The lowest BCUT2D eigenvalue weighted by Crippen LogP contribution is -2.59. The summed E-state index contributed by atoms with van der Waals surface area (Å²) < 4.78 is 0. The predicted molar refractivity (Wildman–Crippen MR) is 106 cm³/mol. The standard InChI is InChI=1S/C22H26N4O3/c1-14-16(3-2-4-18(14)27)21(29)25-11-8-22(9-12-25)19-17(23-13-24-19)7-10-26(22)20(28)15-5-6-15/h2-4,13,15,27H,5-12H2,1H3,(H,23,24). The van der Waals surface area contributed by atoms with Crippen molar-refractivity contribution >= 4 is 11.8 Å². The Morgan fingerprint density at radius 2 is 1.97 bits per heavy atom. The lowest BCUT2D eigenvalue weighted by Gasteiger charge is -2.50. The number of hydrogen-bond acceptors (Lipinski definition) is 4. The number of phenolic OH excluding ortho intramolecular Hbond substituents is 1. The first-order chi connectivity index (χ1) is 14.0. The highest BCUT2D eigenvalue weighted by Gasteiger charge is 2.51. The van der Waals surface area contributed by atoms with Gasteiger partial charge < -0.3 is 19.9 Å². The molecule has 1 saturated carbocycles. The maximum Gasteiger partial charge on any atom is 0.254 e. The first kappa shape index (κ1) is 18.2. The van der Waals surface area contributed by atoms with E-state index in [-0.39, 0.29) is 23.5 Å². The van der Waals surface area contributed by atoms with Gasteiger partial charge in [-0.3, -0.25) is 9.59 Å². The molecule has 2 amide bonds. The van der Waals surface area contributed by atoms with Crippen LogP contribution in [0.25, 0.3) is 0 Å². The first-order valence-electron chi connectivity index (χ1n) is 10.4. The van der Waals surface area contributed by atoms with E-state index in [1.165, 1.54) is 0 Å². The largest absolute Gasteiger partial charge is 0.508 e. The number of hydrogen-bond donors (Lipinski definition) is 2. The third-order valence-corrected chi connectivity index (χ3v) is 6.87. The van der Waals surface area contributed by atoms with Gasteiger partial charge in [0.25, 0.3) is 5.91 Å². The molecule has 0 atom stereocenters. The number of imidazole rings is 1. The van der Waals surface area contributed by atoms with Crippen LogP contribution in [0, 0.1) is 12.8 Å². The molecule has 29 heavy (non-hydrogen) atoms. The van der Waals surface area contributed by atoms with Gasteiger partial charge in [0, 0.05) is 48.8 Å². The minimum Gasteiger partial charge on any atom is -0.508 e. The highest BCUT2D eigenvalue weighted by molar-refractivity contribution is 5.96. The molecular weight excluding hydrogens is 368 g/mol. The summed E-state index contributed by atoms with van der Waals surface area (Å²) in [6.45, 7) is 3.61. The van der Waals surface area contributed by atoms with E-state index >= 15 is 0 Å². The minimum absolute atomic E-state index is 0.0635. The van der Waals surface area contributed by atoms with Crippen molar-refractivity contribution in [3.8, 4) is 5.75 Å². The molecule has 1 spiro atoms. The monoisotopic (exact) mass is 394 g/mol. The van der Waals surface area contributed by atoms with Gasteiger partial charge >= 0.3 is 0 Å². The number of carbonyl (C=O) groups excluding carboxylic acids is 2. The molecule has 2 aliphatic heterocycles. The van der Waals surface area contributed by atoms with Crippen LogP contribution in [0.15, 0.2) is 24.5 Å². The summed E-state index contributed by atoms with van der Waals surface area (Å²) in [7, 11) is 0. The number of piperidine rings is 1. The Kier molecular flexibility index (Phi) is 4.15. The zero-order valence-electron chi connectivity index (χ0n) is 16.6. The molecule has 2 aromatic rings. The zero-order chi connectivity index (χ0) is 20.2. The summed E-state index contributed by atoms with van der Waals surface area (Å²) in [5.41, 5.74) is 2.83. The van der Waals surface area contributed by atoms with E-state index in [4.69, 9.17) is 0 Å². The smallest absolute Gasteiger partial charge is 0.254 e. The van der Waals surface area contributed by atoms with Gasteiger partial charge in [0.2, 0.25) is 5.91 Å². The number of carbonyl (C=O) groups is 2. The molecule has 3 aliphatic rings. The van der Waals surface area contributed by atoms with Crippen LogP contribution < -0.4 is 0 Å².